The van der Waals surface area contributed by atoms with Gasteiger partial charge in [-0.2, -0.15) is 0 Å². The van der Waals surface area contributed by atoms with Crippen LogP contribution in [0, 0.1) is 13.8 Å². The molecule has 6 rings (SSSR count). The molecule has 3 heterocycles. The van der Waals surface area contributed by atoms with Gasteiger partial charge in [0, 0.05) is 23.1 Å². The molecule has 3 aromatic carbocycles. The molecule has 0 saturated heterocycles. The van der Waals surface area contributed by atoms with E-state index >= 15 is 0 Å². The molecule has 5 heteroatoms. The van der Waals surface area contributed by atoms with E-state index in [4.69, 9.17) is 9.47 Å². The Kier molecular flexibility index (Phi) is 6.46. The number of rotatable bonds is 4. The molecule has 0 saturated carbocycles. The van der Waals surface area contributed by atoms with Crippen LogP contribution >= 0.6 is 0 Å². The number of para-hydroxylation sites is 3. The topological polar surface area (TPSA) is 26.2 Å². The van der Waals surface area contributed by atoms with Crippen molar-refractivity contribution in [2.45, 2.75) is 40.0 Å². The average Bonchev–Trinajstić information content (AvgIpc) is 2.93. The summed E-state index contributed by atoms with van der Waals surface area (Å²) >= 11 is 0. The average molecular weight is 526 g/mol. The minimum Gasteiger partial charge on any atom is -0.457 e. The van der Waals surface area contributed by atoms with Crippen LogP contribution in [0.4, 0.5) is 0 Å². The summed E-state index contributed by atoms with van der Waals surface area (Å²) in [6.45, 7) is 10.9. The monoisotopic (exact) mass is 526 g/mol. The first-order valence-electron chi connectivity index (χ1n) is 13.9. The molecule has 4 nitrogen and oxygen atoms in total. The summed E-state index contributed by atoms with van der Waals surface area (Å²) in [7, 11) is 2.11. The van der Waals surface area contributed by atoms with Crippen molar-refractivity contribution in [2.24, 2.45) is 7.05 Å². The SMILES string of the molecule is Cc1ccccc1Oc1ccccc1B1c2ccccc2Oc2cc(C)c(-c3cc(C(C)(C)C)cc[n+]3C)c[n+]21. The van der Waals surface area contributed by atoms with Gasteiger partial charge in [0.05, 0.1) is 6.07 Å². The first kappa shape index (κ1) is 25.9. The van der Waals surface area contributed by atoms with E-state index in [1.165, 1.54) is 16.8 Å². The molecule has 0 amide bonds. The van der Waals surface area contributed by atoms with Gasteiger partial charge in [0.1, 0.15) is 29.9 Å². The molecule has 0 N–H and O–H groups in total. The molecular weight excluding hydrogens is 491 g/mol. The lowest BCUT2D eigenvalue weighted by Gasteiger charge is -2.23. The molecule has 1 aliphatic heterocycles. The zero-order valence-corrected chi connectivity index (χ0v) is 24.1. The predicted molar refractivity (Wildman–Crippen MR) is 161 cm³/mol. The maximum absolute atomic E-state index is 6.58. The Labute approximate surface area is 237 Å². The lowest BCUT2D eigenvalue weighted by Crippen LogP contribution is -2.68. The Hall–Kier alpha value is -4.38. The van der Waals surface area contributed by atoms with Crippen LogP contribution in [0.1, 0.15) is 37.5 Å². The quantitative estimate of drug-likeness (QED) is 0.210. The van der Waals surface area contributed by atoms with Gasteiger partial charge >= 0.3 is 12.7 Å². The smallest absolute Gasteiger partial charge is 0.457 e. The van der Waals surface area contributed by atoms with E-state index in [-0.39, 0.29) is 12.3 Å². The molecule has 0 aliphatic carbocycles. The lowest BCUT2D eigenvalue weighted by atomic mass is 9.49. The fraction of sp³-hybridized carbons (Fsp3) is 0.200. The zero-order valence-electron chi connectivity index (χ0n) is 24.1. The Morgan fingerprint density at radius 3 is 2.17 bits per heavy atom. The summed E-state index contributed by atoms with van der Waals surface area (Å²) in [6, 6.07) is 31.5. The number of benzene rings is 3. The summed E-state index contributed by atoms with van der Waals surface area (Å²) in [5, 5.41) is 0. The minimum atomic E-state index is -0.129. The van der Waals surface area contributed by atoms with Crippen molar-refractivity contribution in [3.05, 3.63) is 120 Å². The highest BCUT2D eigenvalue weighted by Crippen LogP contribution is 2.31. The summed E-state index contributed by atoms with van der Waals surface area (Å²) in [5.41, 5.74) is 8.13. The Morgan fingerprint density at radius 1 is 0.750 bits per heavy atom. The van der Waals surface area contributed by atoms with Crippen LogP contribution in [-0.4, -0.2) is 6.85 Å². The van der Waals surface area contributed by atoms with Crippen molar-refractivity contribution >= 4 is 17.8 Å². The molecule has 0 fully saturated rings. The second-order valence-electron chi connectivity index (χ2n) is 11.7. The number of hydrogen-bond acceptors (Lipinski definition) is 2. The molecule has 40 heavy (non-hydrogen) atoms. The number of nitrogens with zero attached hydrogens (tertiary/aromatic N) is 2. The highest BCUT2D eigenvalue weighted by atomic mass is 16.5. The van der Waals surface area contributed by atoms with Crippen LogP contribution in [0.2, 0.25) is 0 Å². The Balaban J connectivity index is 1.56. The largest absolute Gasteiger partial charge is 0.569 e. The van der Waals surface area contributed by atoms with Gasteiger partial charge in [-0.15, -0.1) is 0 Å². The maximum Gasteiger partial charge on any atom is 0.569 e. The van der Waals surface area contributed by atoms with E-state index in [1.807, 2.05) is 36.4 Å². The number of aryl methyl sites for hydroxylation is 3. The minimum absolute atomic E-state index is 0.0503. The van der Waals surface area contributed by atoms with Gasteiger partial charge in [-0.05, 0) is 54.2 Å². The molecule has 0 radical (unpaired) electrons. The van der Waals surface area contributed by atoms with Gasteiger partial charge in [0.2, 0.25) is 5.69 Å². The van der Waals surface area contributed by atoms with E-state index in [0.717, 1.165) is 45.2 Å². The van der Waals surface area contributed by atoms with Crippen molar-refractivity contribution < 1.29 is 18.5 Å². The van der Waals surface area contributed by atoms with Crippen LogP contribution in [0.3, 0.4) is 0 Å². The third-order valence-electron chi connectivity index (χ3n) is 7.81. The van der Waals surface area contributed by atoms with Gasteiger partial charge < -0.3 is 9.47 Å². The van der Waals surface area contributed by atoms with Crippen LogP contribution in [-0.2, 0) is 12.5 Å². The summed E-state index contributed by atoms with van der Waals surface area (Å²) in [6.07, 6.45) is 4.41. The van der Waals surface area contributed by atoms with Crippen LogP contribution in [0.5, 0.6) is 23.1 Å². The molecule has 1 aliphatic rings. The van der Waals surface area contributed by atoms with Gasteiger partial charge in [0.25, 0.3) is 0 Å². The van der Waals surface area contributed by atoms with Crippen LogP contribution < -0.4 is 29.4 Å². The highest BCUT2D eigenvalue weighted by molar-refractivity contribution is 6.80. The Morgan fingerprint density at radius 2 is 1.43 bits per heavy atom. The van der Waals surface area contributed by atoms with Gasteiger partial charge in [-0.3, -0.25) is 0 Å². The number of ether oxygens (including phenoxy) is 2. The molecule has 198 valence electrons. The van der Waals surface area contributed by atoms with E-state index in [0.29, 0.717) is 0 Å². The third-order valence-corrected chi connectivity index (χ3v) is 7.81. The van der Waals surface area contributed by atoms with Crippen LogP contribution in [0.15, 0.2) is 103 Å². The first-order valence-corrected chi connectivity index (χ1v) is 13.9. The standard InChI is InChI=1S/C35H35BN2O2/c1-24-13-7-10-16-31(24)39-32-17-11-8-14-28(32)36-29-15-9-12-18-33(29)40-34-21-25(2)27(23-38(34)36)30-22-26(35(3,4)5)19-20-37(30)6/h7-23H,1-6H3/q+2. The van der Waals surface area contributed by atoms with E-state index in [1.54, 1.807) is 0 Å². The van der Waals surface area contributed by atoms with E-state index < -0.39 is 0 Å². The number of aromatic nitrogens is 2. The molecule has 2 aromatic heterocycles. The van der Waals surface area contributed by atoms with Crippen LogP contribution in [0.25, 0.3) is 11.3 Å². The van der Waals surface area contributed by atoms with E-state index in [2.05, 4.69) is 118 Å². The normalized spacial score (nSPS) is 12.4. The number of hydrogen-bond donors (Lipinski definition) is 0. The van der Waals surface area contributed by atoms with Gasteiger partial charge in [0.15, 0.2) is 12.4 Å². The van der Waals surface area contributed by atoms with Crippen molar-refractivity contribution in [1.82, 2.24) is 0 Å². The van der Waals surface area contributed by atoms with E-state index in [9.17, 15) is 0 Å². The fourth-order valence-electron chi connectivity index (χ4n) is 5.47. The van der Waals surface area contributed by atoms with Crippen molar-refractivity contribution in [3.8, 4) is 34.4 Å². The molecule has 0 unspecified atom stereocenters. The first-order chi connectivity index (χ1) is 19.2. The van der Waals surface area contributed by atoms with Crippen molar-refractivity contribution in [2.75, 3.05) is 0 Å². The summed E-state index contributed by atoms with van der Waals surface area (Å²) in [5.74, 6) is 3.37. The zero-order chi connectivity index (χ0) is 28.0. The second kappa shape index (κ2) is 9.98. The molecule has 0 atom stereocenters. The predicted octanol–water partition coefficient (Wildman–Crippen LogP) is 5.93. The van der Waals surface area contributed by atoms with Gasteiger partial charge in [-0.25, -0.2) is 9.05 Å². The Bertz CT molecular complexity index is 1740. The second-order valence-corrected chi connectivity index (χ2v) is 11.7. The number of pyridine rings is 2. The molecule has 0 spiro atoms. The fourth-order valence-corrected chi connectivity index (χ4v) is 5.47. The molecule has 5 aromatic rings. The maximum atomic E-state index is 6.58. The lowest BCUT2D eigenvalue weighted by molar-refractivity contribution is -0.660. The highest BCUT2D eigenvalue weighted by Gasteiger charge is 2.45. The number of fused-ring (bicyclic) bond motifs is 2. The van der Waals surface area contributed by atoms with Crippen molar-refractivity contribution in [3.63, 3.8) is 0 Å². The third kappa shape index (κ3) is 4.66. The molecular formula is C35H35BN2O2+2. The summed E-state index contributed by atoms with van der Waals surface area (Å²) < 4.78 is 17.5. The molecule has 0 bridgehead atoms. The van der Waals surface area contributed by atoms with Crippen molar-refractivity contribution in [1.29, 1.82) is 0 Å². The van der Waals surface area contributed by atoms with Gasteiger partial charge in [-0.1, -0.05) is 75.4 Å². The summed E-state index contributed by atoms with van der Waals surface area (Å²) in [4.78, 5) is 0.